The molecule has 0 aliphatic rings. The summed E-state index contributed by atoms with van der Waals surface area (Å²) >= 11 is 5.95. The zero-order chi connectivity index (χ0) is 19.1. The number of aromatic nitrogens is 2. The van der Waals surface area contributed by atoms with Gasteiger partial charge in [-0.15, -0.1) is 0 Å². The highest BCUT2D eigenvalue weighted by molar-refractivity contribution is 6.33. The molecule has 136 valence electrons. The fraction of sp³-hybridized carbons (Fsp3) is 0.188. The second kappa shape index (κ2) is 8.77. The second-order valence-electron chi connectivity index (χ2n) is 5.14. The molecule has 0 saturated heterocycles. The number of rotatable bonds is 6. The van der Waals surface area contributed by atoms with Gasteiger partial charge in [0.2, 0.25) is 5.91 Å². The summed E-state index contributed by atoms with van der Waals surface area (Å²) in [5.41, 5.74) is 5.76. The number of carbonyl (C=O) groups is 3. The number of nitrogen functional groups attached to an aromatic ring is 1. The first-order chi connectivity index (χ1) is 12.4. The molecular formula is C16H16ClN5O4. The number of ether oxygens (including phenoxy) is 1. The van der Waals surface area contributed by atoms with Gasteiger partial charge in [0.05, 0.1) is 17.3 Å². The molecule has 1 heterocycles. The molecule has 9 nitrogen and oxygen atoms in total. The zero-order valence-electron chi connectivity index (χ0n) is 13.8. The van der Waals surface area contributed by atoms with E-state index in [4.69, 9.17) is 22.1 Å². The molecule has 10 heteroatoms. The van der Waals surface area contributed by atoms with E-state index < -0.39 is 24.4 Å². The SMILES string of the molecule is CN(CC(=O)Nc1ccccc1Cl)C(=O)COC(=O)c1nccnc1N. The van der Waals surface area contributed by atoms with Crippen molar-refractivity contribution < 1.29 is 19.1 Å². The van der Waals surface area contributed by atoms with Crippen LogP contribution in [0, 0.1) is 0 Å². The first-order valence-electron chi connectivity index (χ1n) is 7.40. The lowest BCUT2D eigenvalue weighted by Gasteiger charge is -2.17. The monoisotopic (exact) mass is 377 g/mol. The van der Waals surface area contributed by atoms with Crippen molar-refractivity contribution >= 4 is 40.9 Å². The molecule has 26 heavy (non-hydrogen) atoms. The van der Waals surface area contributed by atoms with Crippen LogP contribution in [0.2, 0.25) is 5.02 Å². The maximum atomic E-state index is 12.0. The van der Waals surface area contributed by atoms with Crippen LogP contribution in [0.3, 0.4) is 0 Å². The maximum Gasteiger partial charge on any atom is 0.361 e. The normalized spacial score (nSPS) is 10.1. The van der Waals surface area contributed by atoms with Crippen LogP contribution in [-0.2, 0) is 14.3 Å². The Kier molecular flexibility index (Phi) is 6.45. The summed E-state index contributed by atoms with van der Waals surface area (Å²) in [5.74, 6) is -2.00. The molecule has 0 atom stereocenters. The molecule has 1 aromatic heterocycles. The van der Waals surface area contributed by atoms with Crippen molar-refractivity contribution in [3.05, 3.63) is 47.4 Å². The van der Waals surface area contributed by atoms with E-state index >= 15 is 0 Å². The Labute approximate surface area is 154 Å². The molecule has 0 aliphatic carbocycles. The standard InChI is InChI=1S/C16H16ClN5O4/c1-22(8-12(23)21-11-5-3-2-4-10(11)17)13(24)9-26-16(25)14-15(18)20-7-6-19-14/h2-7H,8-9H2,1H3,(H2,18,20)(H,21,23). The van der Waals surface area contributed by atoms with Crippen LogP contribution < -0.4 is 11.1 Å². The highest BCUT2D eigenvalue weighted by Crippen LogP contribution is 2.20. The summed E-state index contributed by atoms with van der Waals surface area (Å²) in [4.78, 5) is 44.4. The topological polar surface area (TPSA) is 128 Å². The molecule has 2 rings (SSSR count). The average molecular weight is 378 g/mol. The van der Waals surface area contributed by atoms with Gasteiger partial charge in [0.1, 0.15) is 0 Å². The van der Waals surface area contributed by atoms with Crippen LogP contribution in [0.25, 0.3) is 0 Å². The Morgan fingerprint density at radius 2 is 1.92 bits per heavy atom. The number of para-hydroxylation sites is 1. The zero-order valence-corrected chi connectivity index (χ0v) is 14.6. The average Bonchev–Trinajstić information content (AvgIpc) is 2.61. The van der Waals surface area contributed by atoms with Crippen molar-refractivity contribution in [2.45, 2.75) is 0 Å². The van der Waals surface area contributed by atoms with Gasteiger partial charge in [-0.2, -0.15) is 0 Å². The summed E-state index contributed by atoms with van der Waals surface area (Å²) in [6.45, 7) is -0.806. The van der Waals surface area contributed by atoms with E-state index in [9.17, 15) is 14.4 Å². The van der Waals surface area contributed by atoms with E-state index in [-0.39, 0.29) is 18.1 Å². The third-order valence-electron chi connectivity index (χ3n) is 3.20. The minimum atomic E-state index is -0.877. The van der Waals surface area contributed by atoms with E-state index in [0.29, 0.717) is 10.7 Å². The van der Waals surface area contributed by atoms with Crippen LogP contribution >= 0.6 is 11.6 Å². The van der Waals surface area contributed by atoms with Gasteiger partial charge >= 0.3 is 5.97 Å². The Morgan fingerprint density at radius 3 is 2.62 bits per heavy atom. The van der Waals surface area contributed by atoms with Crippen LogP contribution in [0.5, 0.6) is 0 Å². The number of carbonyl (C=O) groups excluding carboxylic acids is 3. The highest BCUT2D eigenvalue weighted by atomic mass is 35.5. The van der Waals surface area contributed by atoms with Crippen molar-refractivity contribution in [2.75, 3.05) is 31.2 Å². The van der Waals surface area contributed by atoms with Gasteiger partial charge in [0.25, 0.3) is 5.91 Å². The predicted octanol–water partition coefficient (Wildman–Crippen LogP) is 0.966. The summed E-state index contributed by atoms with van der Waals surface area (Å²) in [5, 5.41) is 2.97. The Balaban J connectivity index is 1.84. The number of nitrogens with zero attached hydrogens (tertiary/aromatic N) is 3. The number of likely N-dealkylation sites (N-methyl/N-ethyl adjacent to an activating group) is 1. The molecule has 0 fully saturated rings. The highest BCUT2D eigenvalue weighted by Gasteiger charge is 2.18. The van der Waals surface area contributed by atoms with Gasteiger partial charge in [-0.25, -0.2) is 14.8 Å². The van der Waals surface area contributed by atoms with E-state index in [1.54, 1.807) is 24.3 Å². The molecule has 0 unspecified atom stereocenters. The van der Waals surface area contributed by atoms with E-state index in [1.807, 2.05) is 0 Å². The van der Waals surface area contributed by atoms with E-state index in [1.165, 1.54) is 19.4 Å². The Morgan fingerprint density at radius 1 is 1.23 bits per heavy atom. The third kappa shape index (κ3) is 5.15. The number of nitrogens with one attached hydrogen (secondary N) is 1. The minimum absolute atomic E-state index is 0.0996. The smallest absolute Gasteiger partial charge is 0.361 e. The Bertz CT molecular complexity index is 830. The number of anilines is 2. The van der Waals surface area contributed by atoms with Crippen molar-refractivity contribution in [2.24, 2.45) is 0 Å². The fourth-order valence-corrected chi connectivity index (χ4v) is 2.05. The van der Waals surface area contributed by atoms with Crippen LogP contribution in [0.1, 0.15) is 10.5 Å². The lowest BCUT2D eigenvalue weighted by molar-refractivity contribution is -0.136. The maximum absolute atomic E-state index is 12.0. The second-order valence-corrected chi connectivity index (χ2v) is 5.55. The molecule has 1 aromatic carbocycles. The van der Waals surface area contributed by atoms with Gasteiger partial charge in [-0.3, -0.25) is 9.59 Å². The number of hydrogen-bond donors (Lipinski definition) is 2. The fourth-order valence-electron chi connectivity index (χ4n) is 1.87. The number of nitrogens with two attached hydrogens (primary N) is 1. The molecule has 2 amide bonds. The lowest BCUT2D eigenvalue weighted by atomic mass is 10.3. The van der Waals surface area contributed by atoms with Crippen molar-refractivity contribution in [3.63, 3.8) is 0 Å². The molecule has 0 bridgehead atoms. The van der Waals surface area contributed by atoms with Gasteiger partial charge < -0.3 is 20.7 Å². The number of benzene rings is 1. The van der Waals surface area contributed by atoms with Crippen LogP contribution in [0.4, 0.5) is 11.5 Å². The number of hydrogen-bond acceptors (Lipinski definition) is 7. The van der Waals surface area contributed by atoms with Gasteiger partial charge in [-0.05, 0) is 12.1 Å². The first-order valence-corrected chi connectivity index (χ1v) is 7.78. The molecule has 0 radical (unpaired) electrons. The van der Waals surface area contributed by atoms with Crippen molar-refractivity contribution in [3.8, 4) is 0 Å². The van der Waals surface area contributed by atoms with Gasteiger partial charge in [0, 0.05) is 19.4 Å². The molecule has 0 aliphatic heterocycles. The van der Waals surface area contributed by atoms with E-state index in [2.05, 4.69) is 15.3 Å². The third-order valence-corrected chi connectivity index (χ3v) is 3.53. The van der Waals surface area contributed by atoms with Crippen molar-refractivity contribution in [1.29, 1.82) is 0 Å². The van der Waals surface area contributed by atoms with Gasteiger partial charge in [0.15, 0.2) is 18.1 Å². The summed E-state index contributed by atoms with van der Waals surface area (Å²) in [7, 11) is 1.40. The molecule has 0 spiro atoms. The van der Waals surface area contributed by atoms with Crippen LogP contribution in [-0.4, -0.2) is 52.9 Å². The summed E-state index contributed by atoms with van der Waals surface area (Å²) < 4.78 is 4.85. The number of esters is 1. The lowest BCUT2D eigenvalue weighted by Crippen LogP contribution is -2.37. The van der Waals surface area contributed by atoms with E-state index in [0.717, 1.165) is 4.90 Å². The quantitative estimate of drug-likeness (QED) is 0.717. The molecule has 2 aromatic rings. The number of amides is 2. The van der Waals surface area contributed by atoms with Crippen LogP contribution in [0.15, 0.2) is 36.7 Å². The molecule has 0 saturated carbocycles. The summed E-state index contributed by atoms with van der Waals surface area (Å²) in [6.07, 6.45) is 2.60. The molecule has 3 N–H and O–H groups in total. The Hall–Kier alpha value is -3.20. The molecular weight excluding hydrogens is 362 g/mol. The summed E-state index contributed by atoms with van der Waals surface area (Å²) in [6, 6.07) is 6.71. The minimum Gasteiger partial charge on any atom is -0.451 e. The largest absolute Gasteiger partial charge is 0.451 e. The first kappa shape index (κ1) is 19.1. The predicted molar refractivity (Wildman–Crippen MR) is 94.4 cm³/mol. The van der Waals surface area contributed by atoms with Gasteiger partial charge in [-0.1, -0.05) is 23.7 Å². The van der Waals surface area contributed by atoms with Crippen molar-refractivity contribution in [1.82, 2.24) is 14.9 Å². The number of halogens is 1.